The Bertz CT molecular complexity index is 1120. The average Bonchev–Trinajstić information content (AvgIpc) is 3.12. The van der Waals surface area contributed by atoms with Crippen LogP contribution in [0.1, 0.15) is 77.7 Å². The van der Waals surface area contributed by atoms with Gasteiger partial charge in [0.05, 0.1) is 5.56 Å². The summed E-state index contributed by atoms with van der Waals surface area (Å²) >= 11 is 0. The van der Waals surface area contributed by atoms with Gasteiger partial charge in [-0.25, -0.2) is 4.98 Å². The van der Waals surface area contributed by atoms with E-state index in [1.54, 1.807) is 0 Å². The van der Waals surface area contributed by atoms with Crippen molar-refractivity contribution in [3.05, 3.63) is 35.2 Å². The predicted octanol–water partition coefficient (Wildman–Crippen LogP) is 6.42. The summed E-state index contributed by atoms with van der Waals surface area (Å²) in [5.74, 6) is 1.04. The van der Waals surface area contributed by atoms with Crippen LogP contribution in [-0.4, -0.2) is 28.7 Å². The van der Waals surface area contributed by atoms with Crippen LogP contribution in [0.2, 0.25) is 0 Å². The number of allylic oxidation sites excluding steroid dienone is 2. The summed E-state index contributed by atoms with van der Waals surface area (Å²) in [5, 5.41) is 2.46. The molecule has 3 aliphatic carbocycles. The van der Waals surface area contributed by atoms with Crippen molar-refractivity contribution in [1.29, 1.82) is 0 Å². The number of alkyl halides is 3. The molecular weight excluding hydrogens is 467 g/mol. The van der Waals surface area contributed by atoms with E-state index in [0.29, 0.717) is 24.2 Å². The van der Waals surface area contributed by atoms with E-state index in [9.17, 15) is 22.8 Å². The summed E-state index contributed by atoms with van der Waals surface area (Å²) in [6, 6.07) is 2.17. The molecule has 196 valence electrons. The van der Waals surface area contributed by atoms with E-state index < -0.39 is 23.5 Å². The number of likely N-dealkylation sites (tertiary alicyclic amines) is 1. The Morgan fingerprint density at radius 3 is 2.67 bits per heavy atom. The number of amides is 2. The van der Waals surface area contributed by atoms with Crippen LogP contribution < -0.4 is 5.32 Å². The van der Waals surface area contributed by atoms with Gasteiger partial charge in [-0.3, -0.25) is 9.59 Å². The normalized spacial score (nSPS) is 36.3. The van der Waals surface area contributed by atoms with E-state index >= 15 is 0 Å². The Morgan fingerprint density at radius 2 is 1.94 bits per heavy atom. The van der Waals surface area contributed by atoms with E-state index in [0.717, 1.165) is 44.6 Å². The summed E-state index contributed by atoms with van der Waals surface area (Å²) in [7, 11) is 1.92. The van der Waals surface area contributed by atoms with E-state index in [4.69, 9.17) is 0 Å². The van der Waals surface area contributed by atoms with Gasteiger partial charge in [-0.1, -0.05) is 19.4 Å². The summed E-state index contributed by atoms with van der Waals surface area (Å²) in [4.78, 5) is 31.1. The Hall–Kier alpha value is -2.38. The van der Waals surface area contributed by atoms with Crippen LogP contribution >= 0.6 is 0 Å². The Morgan fingerprint density at radius 1 is 1.19 bits per heavy atom. The van der Waals surface area contributed by atoms with Crippen LogP contribution in [0.3, 0.4) is 0 Å². The predicted molar refractivity (Wildman–Crippen MR) is 130 cm³/mol. The molecule has 2 amide bonds. The fourth-order valence-electron chi connectivity index (χ4n) is 8.69. The van der Waals surface area contributed by atoms with Gasteiger partial charge in [-0.2, -0.15) is 13.2 Å². The molecule has 0 bridgehead atoms. The van der Waals surface area contributed by atoms with Crippen molar-refractivity contribution in [2.24, 2.45) is 34.5 Å². The molecule has 5 rings (SSSR count). The molecule has 1 aliphatic heterocycles. The summed E-state index contributed by atoms with van der Waals surface area (Å²) < 4.78 is 40.1. The zero-order valence-electron chi connectivity index (χ0n) is 21.5. The smallest absolute Gasteiger partial charge is 0.319 e. The Balaban J connectivity index is 1.34. The minimum Gasteiger partial charge on any atom is -0.319 e. The third-order valence-electron chi connectivity index (χ3n) is 10.3. The van der Waals surface area contributed by atoms with E-state index in [1.165, 1.54) is 23.5 Å². The lowest BCUT2D eigenvalue weighted by Crippen LogP contribution is -2.54. The van der Waals surface area contributed by atoms with Gasteiger partial charge in [-0.05, 0) is 86.7 Å². The lowest BCUT2D eigenvalue weighted by molar-refractivity contribution is -0.137. The molecule has 2 heterocycles. The molecular formula is C28H36F3N3O2. The first kappa shape index (κ1) is 25.3. The molecule has 0 spiro atoms. The van der Waals surface area contributed by atoms with Gasteiger partial charge in [0.15, 0.2) is 0 Å². The summed E-state index contributed by atoms with van der Waals surface area (Å²) in [5.41, 5.74) is 1.61. The monoisotopic (exact) mass is 503 g/mol. The summed E-state index contributed by atoms with van der Waals surface area (Å²) in [6.45, 7) is 6.82. The zero-order chi connectivity index (χ0) is 26.0. The average molecular weight is 504 g/mol. The minimum absolute atomic E-state index is 0.000569. The maximum atomic E-state index is 13.4. The Kier molecular flexibility index (Phi) is 6.03. The number of hydrogen-bond acceptors (Lipinski definition) is 3. The molecule has 5 nitrogen and oxygen atoms in total. The van der Waals surface area contributed by atoms with E-state index in [-0.39, 0.29) is 29.1 Å². The van der Waals surface area contributed by atoms with Gasteiger partial charge < -0.3 is 10.2 Å². The number of anilines is 1. The molecule has 3 fully saturated rings. The second-order valence-corrected chi connectivity index (χ2v) is 12.0. The van der Waals surface area contributed by atoms with Crippen LogP contribution in [0, 0.1) is 34.5 Å². The van der Waals surface area contributed by atoms with Crippen molar-refractivity contribution in [1.82, 2.24) is 9.88 Å². The molecule has 2 saturated carbocycles. The molecule has 6 atom stereocenters. The lowest BCUT2D eigenvalue weighted by Gasteiger charge is -2.59. The first-order chi connectivity index (χ1) is 16.9. The highest BCUT2D eigenvalue weighted by atomic mass is 19.4. The molecule has 1 aromatic heterocycles. The highest BCUT2D eigenvalue weighted by Gasteiger charge is 2.60. The first-order valence-corrected chi connectivity index (χ1v) is 13.1. The lowest BCUT2D eigenvalue weighted by atomic mass is 9.48. The van der Waals surface area contributed by atoms with Crippen molar-refractivity contribution < 1.29 is 22.8 Å². The number of piperidine rings is 1. The van der Waals surface area contributed by atoms with Crippen molar-refractivity contribution in [3.63, 3.8) is 0 Å². The number of halogens is 3. The molecule has 1 aromatic rings. The number of carbonyl (C=O) groups is 2. The molecule has 0 aromatic carbocycles. The van der Waals surface area contributed by atoms with Crippen molar-refractivity contribution in [2.45, 2.75) is 78.3 Å². The zero-order valence-corrected chi connectivity index (χ0v) is 21.5. The molecule has 1 saturated heterocycles. The number of fused-ring (bicyclic) bond motifs is 5. The van der Waals surface area contributed by atoms with Crippen molar-refractivity contribution in [2.75, 3.05) is 12.4 Å². The van der Waals surface area contributed by atoms with Gasteiger partial charge in [0.2, 0.25) is 11.8 Å². The third-order valence-corrected chi connectivity index (χ3v) is 10.3. The number of hydrogen-bond donors (Lipinski definition) is 1. The number of aromatic nitrogens is 1. The largest absolute Gasteiger partial charge is 0.419 e. The molecule has 8 heteroatoms. The maximum Gasteiger partial charge on any atom is 0.419 e. The number of nitrogens with one attached hydrogen (secondary N) is 1. The van der Waals surface area contributed by atoms with E-state index in [1.807, 2.05) is 11.9 Å². The van der Waals surface area contributed by atoms with Crippen LogP contribution in [0.15, 0.2) is 29.6 Å². The number of rotatable bonds is 3. The first-order valence-electron chi connectivity index (χ1n) is 13.1. The van der Waals surface area contributed by atoms with Crippen molar-refractivity contribution in [3.8, 4) is 0 Å². The van der Waals surface area contributed by atoms with Crippen LogP contribution in [0.25, 0.3) is 0 Å². The number of pyridine rings is 1. The molecule has 36 heavy (non-hydrogen) atoms. The fourth-order valence-corrected chi connectivity index (χ4v) is 8.69. The summed E-state index contributed by atoms with van der Waals surface area (Å²) in [6.07, 6.45) is 3.40. The Labute approximate surface area is 210 Å². The van der Waals surface area contributed by atoms with E-state index in [2.05, 4.69) is 31.1 Å². The van der Waals surface area contributed by atoms with Gasteiger partial charge in [-0.15, -0.1) is 0 Å². The van der Waals surface area contributed by atoms with Crippen LogP contribution in [0.5, 0.6) is 0 Å². The number of carbonyl (C=O) groups excluding carboxylic acids is 2. The maximum absolute atomic E-state index is 13.4. The molecule has 1 N–H and O–H groups in total. The quantitative estimate of drug-likeness (QED) is 0.518. The highest BCUT2D eigenvalue weighted by molar-refractivity contribution is 5.90. The fraction of sp³-hybridized carbons (Fsp3) is 0.679. The van der Waals surface area contributed by atoms with Crippen molar-refractivity contribution >= 4 is 17.6 Å². The van der Waals surface area contributed by atoms with Gasteiger partial charge in [0.25, 0.3) is 0 Å². The van der Waals surface area contributed by atoms with Gasteiger partial charge in [0.1, 0.15) is 5.82 Å². The highest BCUT2D eigenvalue weighted by Crippen LogP contribution is 2.67. The molecule has 3 unspecified atom stereocenters. The molecule has 0 radical (unpaired) electrons. The van der Waals surface area contributed by atoms with Crippen LogP contribution in [-0.2, 0) is 15.8 Å². The minimum atomic E-state index is -4.57. The molecule has 4 aliphatic rings. The number of nitrogens with zero attached hydrogens (tertiary/aromatic N) is 2. The second-order valence-electron chi connectivity index (χ2n) is 12.0. The van der Waals surface area contributed by atoms with Crippen LogP contribution in [0.4, 0.5) is 19.0 Å². The SMILES string of the molecule is CC1=C2N(C)C(=O)CC[C@]2(C)C2CC[C@@]3(C)C(CC[C@@H]3CC(=O)Nc3ncccc3C(F)(F)F)C2C1. The third kappa shape index (κ3) is 3.86. The van der Waals surface area contributed by atoms with Gasteiger partial charge >= 0.3 is 6.18 Å². The van der Waals surface area contributed by atoms with Gasteiger partial charge in [0, 0.05) is 37.2 Å². The topological polar surface area (TPSA) is 62.3 Å². The standard InChI is InChI=1S/C28H36F3N3O2/c1-16-14-18-19-8-7-17(15-22(35)33-25-21(28(29,30)31)6-5-13-32-25)26(19,2)11-9-20(18)27(3)12-10-23(36)34(4)24(16)27/h5-6,13,17-20H,7-12,14-15H2,1-4H3,(H,32,33,35)/t17-,18?,19?,20?,26-,27-/m1/s1. The second kappa shape index (κ2) is 8.59.